The van der Waals surface area contributed by atoms with Crippen LogP contribution in [0, 0.1) is 5.92 Å². The fourth-order valence-corrected chi connectivity index (χ4v) is 1.11. The maximum absolute atomic E-state index is 7.72. The van der Waals surface area contributed by atoms with E-state index < -0.39 is 0 Å². The molecule has 0 rings (SSSR count). The molecular formula is C8H18ClO-. The van der Waals surface area contributed by atoms with Crippen molar-refractivity contribution in [2.45, 2.75) is 46.5 Å². The summed E-state index contributed by atoms with van der Waals surface area (Å²) in [7, 11) is 0. The summed E-state index contributed by atoms with van der Waals surface area (Å²) in [5, 5.41) is 0. The zero-order valence-corrected chi connectivity index (χ0v) is 7.95. The largest absolute Gasteiger partial charge is 0.769 e. The Hall–Kier alpha value is 0.250. The van der Waals surface area contributed by atoms with Crippen LogP contribution < -0.4 is 4.66 Å². The van der Waals surface area contributed by atoms with E-state index in [1.165, 1.54) is 25.7 Å². The lowest BCUT2D eigenvalue weighted by atomic mass is 9.98. The Balaban J connectivity index is 0. The van der Waals surface area contributed by atoms with Crippen LogP contribution in [0.2, 0.25) is 0 Å². The molecule has 0 spiro atoms. The van der Waals surface area contributed by atoms with Gasteiger partial charge in [0, 0.05) is 0 Å². The highest BCUT2D eigenvalue weighted by Gasteiger charge is 1.98. The highest BCUT2D eigenvalue weighted by atomic mass is 35.5. The fraction of sp³-hybridized carbons (Fsp3) is 1.00. The second-order valence-corrected chi connectivity index (χ2v) is 2.47. The number of hydrogen-bond donors (Lipinski definition) is 0. The van der Waals surface area contributed by atoms with Gasteiger partial charge in [-0.2, -0.15) is 0 Å². The summed E-state index contributed by atoms with van der Waals surface area (Å²) in [5.41, 5.74) is 0. The standard InChI is InChI=1S/C8H18.ClO/c1-4-7-8(5-2)6-3;1-2/h8H,4-7H2,1-3H3;/q;-1. The van der Waals surface area contributed by atoms with Crippen molar-refractivity contribution >= 4 is 11.9 Å². The van der Waals surface area contributed by atoms with Gasteiger partial charge in [0.15, 0.2) is 0 Å². The molecular weight excluding hydrogens is 148 g/mol. The van der Waals surface area contributed by atoms with Gasteiger partial charge in [-0.25, -0.2) is 11.9 Å². The minimum Gasteiger partial charge on any atom is -0.769 e. The van der Waals surface area contributed by atoms with Crippen molar-refractivity contribution in [1.82, 2.24) is 0 Å². The Labute approximate surface area is 69.6 Å². The molecule has 0 aliphatic rings. The maximum atomic E-state index is 7.72. The summed E-state index contributed by atoms with van der Waals surface area (Å²) in [5.74, 6) is 1.000. The van der Waals surface area contributed by atoms with Gasteiger partial charge in [0.1, 0.15) is 0 Å². The molecule has 2 heteroatoms. The van der Waals surface area contributed by atoms with Gasteiger partial charge >= 0.3 is 0 Å². The van der Waals surface area contributed by atoms with Crippen LogP contribution in [-0.4, -0.2) is 0 Å². The van der Waals surface area contributed by atoms with E-state index in [0.717, 1.165) is 5.92 Å². The van der Waals surface area contributed by atoms with Crippen LogP contribution in [0.3, 0.4) is 0 Å². The SMILES string of the molecule is CCCC(CC)CC.[O-]Cl. The first-order chi connectivity index (χ1) is 4.85. The van der Waals surface area contributed by atoms with Crippen molar-refractivity contribution in [1.29, 1.82) is 0 Å². The summed E-state index contributed by atoms with van der Waals surface area (Å²) in [6.07, 6.45) is 5.51. The molecule has 0 heterocycles. The first kappa shape index (κ1) is 12.9. The van der Waals surface area contributed by atoms with Gasteiger partial charge < -0.3 is 4.66 Å². The Morgan fingerprint density at radius 3 is 1.60 bits per heavy atom. The highest BCUT2D eigenvalue weighted by molar-refractivity contribution is 6.02. The molecule has 64 valence electrons. The van der Waals surface area contributed by atoms with Crippen molar-refractivity contribution in [3.8, 4) is 0 Å². The predicted molar refractivity (Wildman–Crippen MR) is 44.8 cm³/mol. The number of rotatable bonds is 4. The lowest BCUT2D eigenvalue weighted by Crippen LogP contribution is -1.94. The van der Waals surface area contributed by atoms with E-state index in [1.54, 1.807) is 0 Å². The third-order valence-corrected chi connectivity index (χ3v) is 1.85. The second kappa shape index (κ2) is 12.0. The highest BCUT2D eigenvalue weighted by Crippen LogP contribution is 2.13. The van der Waals surface area contributed by atoms with Crippen LogP contribution in [0.4, 0.5) is 0 Å². The fourth-order valence-electron chi connectivity index (χ4n) is 1.11. The molecule has 1 nitrogen and oxygen atoms in total. The van der Waals surface area contributed by atoms with E-state index >= 15 is 0 Å². The summed E-state index contributed by atoms with van der Waals surface area (Å²) in [6, 6.07) is 0. The molecule has 0 aliphatic carbocycles. The Morgan fingerprint density at radius 2 is 1.50 bits per heavy atom. The van der Waals surface area contributed by atoms with E-state index in [2.05, 4.69) is 32.6 Å². The van der Waals surface area contributed by atoms with Gasteiger partial charge in [-0.1, -0.05) is 46.5 Å². The molecule has 0 aromatic carbocycles. The Morgan fingerprint density at radius 1 is 1.10 bits per heavy atom. The number of halogens is 1. The van der Waals surface area contributed by atoms with Gasteiger partial charge in [0.05, 0.1) is 0 Å². The lowest BCUT2D eigenvalue weighted by Gasteiger charge is -2.08. The van der Waals surface area contributed by atoms with E-state index in [0.29, 0.717) is 0 Å². The molecule has 0 atom stereocenters. The second-order valence-electron chi connectivity index (χ2n) is 2.47. The van der Waals surface area contributed by atoms with E-state index in [9.17, 15) is 0 Å². The molecule has 0 saturated carbocycles. The van der Waals surface area contributed by atoms with Crippen LogP contribution in [0.25, 0.3) is 0 Å². The molecule has 0 unspecified atom stereocenters. The first-order valence-electron chi connectivity index (χ1n) is 4.00. The van der Waals surface area contributed by atoms with Crippen molar-refractivity contribution in [2.75, 3.05) is 0 Å². The monoisotopic (exact) mass is 165 g/mol. The zero-order chi connectivity index (χ0) is 8.41. The summed E-state index contributed by atoms with van der Waals surface area (Å²) in [4.78, 5) is 0. The quantitative estimate of drug-likeness (QED) is 0.628. The maximum Gasteiger partial charge on any atom is -0.0420 e. The van der Waals surface area contributed by atoms with Crippen LogP contribution in [-0.2, 0) is 0 Å². The summed E-state index contributed by atoms with van der Waals surface area (Å²) < 4.78 is 7.72. The summed E-state index contributed by atoms with van der Waals surface area (Å²) >= 11 is 3.39. The topological polar surface area (TPSA) is 23.1 Å². The molecule has 0 aliphatic heterocycles. The van der Waals surface area contributed by atoms with Gasteiger partial charge in [-0.3, -0.25) is 0 Å². The first-order valence-corrected chi connectivity index (χ1v) is 4.31. The molecule has 0 amide bonds. The third kappa shape index (κ3) is 8.25. The van der Waals surface area contributed by atoms with Gasteiger partial charge in [-0.05, 0) is 5.92 Å². The molecule has 0 aromatic rings. The van der Waals surface area contributed by atoms with Crippen LogP contribution >= 0.6 is 11.9 Å². The molecule has 0 fully saturated rings. The van der Waals surface area contributed by atoms with Gasteiger partial charge in [-0.15, -0.1) is 0 Å². The molecule has 0 saturated heterocycles. The average molecular weight is 166 g/mol. The molecule has 0 bridgehead atoms. The summed E-state index contributed by atoms with van der Waals surface area (Å²) in [6.45, 7) is 6.83. The smallest absolute Gasteiger partial charge is 0.0420 e. The van der Waals surface area contributed by atoms with Crippen molar-refractivity contribution in [2.24, 2.45) is 5.92 Å². The van der Waals surface area contributed by atoms with E-state index in [4.69, 9.17) is 4.66 Å². The minimum absolute atomic E-state index is 1.000. The van der Waals surface area contributed by atoms with E-state index in [1.807, 2.05) is 0 Å². The van der Waals surface area contributed by atoms with Crippen molar-refractivity contribution in [3.63, 3.8) is 0 Å². The van der Waals surface area contributed by atoms with Crippen LogP contribution in [0.1, 0.15) is 46.5 Å². The normalized spacial score (nSPS) is 9.00. The molecule has 0 aromatic heterocycles. The lowest BCUT2D eigenvalue weighted by molar-refractivity contribution is -0.166. The predicted octanol–water partition coefficient (Wildman–Crippen LogP) is 2.72. The third-order valence-electron chi connectivity index (χ3n) is 1.85. The Bertz CT molecular complexity index is 44.5. The zero-order valence-electron chi connectivity index (χ0n) is 7.19. The minimum atomic E-state index is 1.000. The van der Waals surface area contributed by atoms with Gasteiger partial charge in [0.25, 0.3) is 0 Å². The van der Waals surface area contributed by atoms with Gasteiger partial charge in [0.2, 0.25) is 0 Å². The average Bonchev–Trinajstić information content (AvgIpc) is 2.04. The Kier molecular flexibility index (Phi) is 15.4. The van der Waals surface area contributed by atoms with Crippen LogP contribution in [0.5, 0.6) is 0 Å². The molecule has 0 radical (unpaired) electrons. The number of hydrogen-bond acceptors (Lipinski definition) is 1. The molecule has 10 heavy (non-hydrogen) atoms. The molecule has 0 N–H and O–H groups in total. The van der Waals surface area contributed by atoms with Crippen molar-refractivity contribution in [3.05, 3.63) is 0 Å². The van der Waals surface area contributed by atoms with E-state index in [-0.39, 0.29) is 0 Å². The van der Waals surface area contributed by atoms with Crippen LogP contribution in [0.15, 0.2) is 0 Å². The van der Waals surface area contributed by atoms with Crippen molar-refractivity contribution < 1.29 is 4.66 Å².